The molecule has 1 aliphatic heterocycles. The van der Waals surface area contributed by atoms with Crippen LogP contribution in [0.3, 0.4) is 0 Å². The predicted octanol–water partition coefficient (Wildman–Crippen LogP) is 4.16. The number of nitrogens with zero attached hydrogens (tertiary/aromatic N) is 1. The molecule has 7 nitrogen and oxygen atoms in total. The van der Waals surface area contributed by atoms with Crippen LogP contribution in [0.2, 0.25) is 0 Å². The molecular weight excluding hydrogens is 440 g/mol. The molecule has 1 amide bonds. The maximum Gasteiger partial charge on any atom is 0.264 e. The molecule has 172 valence electrons. The number of rotatable bonds is 7. The van der Waals surface area contributed by atoms with Crippen molar-refractivity contribution in [3.8, 4) is 11.5 Å². The number of carbonyl (C=O) groups is 1. The average Bonchev–Trinajstić information content (AvgIpc) is 2.84. The summed E-state index contributed by atoms with van der Waals surface area (Å²) in [6, 6.07) is 20.2. The Labute approximate surface area is 194 Å². The summed E-state index contributed by atoms with van der Waals surface area (Å²) in [5, 5.41) is 2.94. The Balaban J connectivity index is 1.48. The maximum atomic E-state index is 13.1. The van der Waals surface area contributed by atoms with Gasteiger partial charge in [-0.1, -0.05) is 24.3 Å². The highest BCUT2D eigenvalue weighted by atomic mass is 32.2. The van der Waals surface area contributed by atoms with E-state index in [-0.39, 0.29) is 16.8 Å². The Morgan fingerprint density at radius 1 is 0.970 bits per heavy atom. The maximum absolute atomic E-state index is 13.1. The Kier molecular flexibility index (Phi) is 6.55. The van der Waals surface area contributed by atoms with Crippen LogP contribution in [-0.2, 0) is 10.0 Å². The van der Waals surface area contributed by atoms with E-state index in [9.17, 15) is 13.2 Å². The first kappa shape index (κ1) is 22.7. The third-order valence-electron chi connectivity index (χ3n) is 5.45. The highest BCUT2D eigenvalue weighted by Gasteiger charge is 2.24. The van der Waals surface area contributed by atoms with Gasteiger partial charge in [-0.2, -0.15) is 0 Å². The molecule has 33 heavy (non-hydrogen) atoms. The Hall–Kier alpha value is -3.52. The second kappa shape index (κ2) is 9.54. The zero-order chi connectivity index (χ0) is 23.4. The van der Waals surface area contributed by atoms with Gasteiger partial charge in [-0.3, -0.25) is 9.10 Å². The molecule has 0 unspecified atom stereocenters. The number of sulfonamides is 1. The summed E-state index contributed by atoms with van der Waals surface area (Å²) in [5.41, 5.74) is 1.85. The minimum absolute atomic E-state index is 0.129. The van der Waals surface area contributed by atoms with Crippen molar-refractivity contribution in [2.45, 2.75) is 24.8 Å². The SMILES string of the molecule is CCN(c1ccccc1)S(=O)(=O)c1ccc(C(=O)N[C@@H](C)c2ccc3c(c2)OCCO3)cc1. The van der Waals surface area contributed by atoms with Crippen molar-refractivity contribution < 1.29 is 22.7 Å². The molecule has 1 atom stereocenters. The molecule has 0 spiro atoms. The van der Waals surface area contributed by atoms with Crippen molar-refractivity contribution in [1.29, 1.82) is 0 Å². The number of nitrogens with one attached hydrogen (secondary N) is 1. The van der Waals surface area contributed by atoms with Crippen LogP contribution in [0.5, 0.6) is 11.5 Å². The van der Waals surface area contributed by atoms with Gasteiger partial charge in [0.15, 0.2) is 11.5 Å². The highest BCUT2D eigenvalue weighted by Crippen LogP contribution is 2.32. The zero-order valence-corrected chi connectivity index (χ0v) is 19.3. The smallest absolute Gasteiger partial charge is 0.264 e. The van der Waals surface area contributed by atoms with Crippen molar-refractivity contribution in [3.63, 3.8) is 0 Å². The molecule has 0 fully saturated rings. The summed E-state index contributed by atoms with van der Waals surface area (Å²) < 4.78 is 38.7. The summed E-state index contributed by atoms with van der Waals surface area (Å²) in [7, 11) is -3.75. The van der Waals surface area contributed by atoms with Gasteiger partial charge in [-0.25, -0.2) is 8.42 Å². The summed E-state index contributed by atoms with van der Waals surface area (Å²) in [6.07, 6.45) is 0. The quantitative estimate of drug-likeness (QED) is 0.565. The first-order chi connectivity index (χ1) is 15.9. The lowest BCUT2D eigenvalue weighted by molar-refractivity contribution is 0.0939. The minimum atomic E-state index is -3.75. The normalized spacial score (nSPS) is 13.8. The number of fused-ring (bicyclic) bond motifs is 1. The van der Waals surface area contributed by atoms with Crippen LogP contribution in [0.4, 0.5) is 5.69 Å². The van der Waals surface area contributed by atoms with Crippen LogP contribution in [-0.4, -0.2) is 34.1 Å². The van der Waals surface area contributed by atoms with Crippen LogP contribution in [0.1, 0.15) is 35.8 Å². The lowest BCUT2D eigenvalue weighted by Gasteiger charge is -2.23. The third-order valence-corrected chi connectivity index (χ3v) is 7.37. The lowest BCUT2D eigenvalue weighted by Crippen LogP contribution is -2.31. The number of hydrogen-bond donors (Lipinski definition) is 1. The van der Waals surface area contributed by atoms with Crippen molar-refractivity contribution in [2.75, 3.05) is 24.1 Å². The molecule has 0 aromatic heterocycles. The van der Waals surface area contributed by atoms with Crippen LogP contribution in [0.25, 0.3) is 0 Å². The van der Waals surface area contributed by atoms with E-state index in [0.29, 0.717) is 42.5 Å². The molecule has 8 heteroatoms. The molecular formula is C25H26N2O5S. The molecule has 3 aromatic carbocycles. The summed E-state index contributed by atoms with van der Waals surface area (Å²) in [5.74, 6) is 1.06. The van der Waals surface area contributed by atoms with E-state index in [1.54, 1.807) is 31.2 Å². The fourth-order valence-corrected chi connectivity index (χ4v) is 5.16. The van der Waals surface area contributed by atoms with Gasteiger partial charge in [-0.15, -0.1) is 0 Å². The largest absolute Gasteiger partial charge is 0.486 e. The molecule has 0 saturated heterocycles. The fourth-order valence-electron chi connectivity index (χ4n) is 3.68. The first-order valence-electron chi connectivity index (χ1n) is 10.8. The van der Waals surface area contributed by atoms with E-state index in [0.717, 1.165) is 5.56 Å². The molecule has 0 aliphatic carbocycles. The number of amides is 1. The van der Waals surface area contributed by atoms with Crippen molar-refractivity contribution in [2.24, 2.45) is 0 Å². The first-order valence-corrected chi connectivity index (χ1v) is 12.2. The lowest BCUT2D eigenvalue weighted by atomic mass is 10.1. The van der Waals surface area contributed by atoms with Crippen LogP contribution in [0.15, 0.2) is 77.7 Å². The van der Waals surface area contributed by atoms with Crippen LogP contribution in [0, 0.1) is 0 Å². The molecule has 0 radical (unpaired) electrons. The molecule has 0 saturated carbocycles. The van der Waals surface area contributed by atoms with Crippen molar-refractivity contribution in [3.05, 3.63) is 83.9 Å². The van der Waals surface area contributed by atoms with Gasteiger partial charge in [0.1, 0.15) is 13.2 Å². The second-order valence-corrected chi connectivity index (χ2v) is 9.49. The molecule has 3 aromatic rings. The van der Waals surface area contributed by atoms with Gasteiger partial charge >= 0.3 is 0 Å². The Bertz CT molecular complexity index is 1230. The molecule has 1 aliphatic rings. The number of hydrogen-bond acceptors (Lipinski definition) is 5. The van der Waals surface area contributed by atoms with Gasteiger partial charge in [0, 0.05) is 12.1 Å². The number of carbonyl (C=O) groups excluding carboxylic acids is 1. The molecule has 1 heterocycles. The third kappa shape index (κ3) is 4.80. The van der Waals surface area contributed by atoms with E-state index in [2.05, 4.69) is 5.32 Å². The van der Waals surface area contributed by atoms with Crippen LogP contribution < -0.4 is 19.1 Å². The number of anilines is 1. The minimum Gasteiger partial charge on any atom is -0.486 e. The Morgan fingerprint density at radius 2 is 1.64 bits per heavy atom. The summed E-state index contributed by atoms with van der Waals surface area (Å²) >= 11 is 0. The van der Waals surface area contributed by atoms with Gasteiger partial charge in [0.2, 0.25) is 0 Å². The van der Waals surface area contributed by atoms with Gasteiger partial charge in [-0.05, 0) is 67.9 Å². The monoisotopic (exact) mass is 466 g/mol. The Morgan fingerprint density at radius 3 is 2.30 bits per heavy atom. The van der Waals surface area contributed by atoms with E-state index in [1.165, 1.54) is 28.6 Å². The van der Waals surface area contributed by atoms with Gasteiger partial charge < -0.3 is 14.8 Å². The van der Waals surface area contributed by atoms with Crippen LogP contribution >= 0.6 is 0 Å². The number of para-hydroxylation sites is 1. The molecule has 0 bridgehead atoms. The zero-order valence-electron chi connectivity index (χ0n) is 18.5. The fraction of sp³-hybridized carbons (Fsp3) is 0.240. The van der Waals surface area contributed by atoms with Gasteiger partial charge in [0.25, 0.3) is 15.9 Å². The number of ether oxygens (including phenoxy) is 2. The highest BCUT2D eigenvalue weighted by molar-refractivity contribution is 7.92. The summed E-state index contributed by atoms with van der Waals surface area (Å²) in [4.78, 5) is 12.9. The standard InChI is InChI=1S/C25H26N2O5S/c1-3-27(21-7-5-4-6-8-21)33(29,30)22-12-9-19(10-13-22)25(28)26-18(2)20-11-14-23-24(17-20)32-16-15-31-23/h4-14,17-18H,3,15-16H2,1-2H3,(H,26,28)/t18-/m0/s1. The molecule has 4 rings (SSSR count). The van der Waals surface area contributed by atoms with Crippen molar-refractivity contribution in [1.82, 2.24) is 5.32 Å². The second-order valence-electron chi connectivity index (χ2n) is 7.63. The van der Waals surface area contributed by atoms with E-state index >= 15 is 0 Å². The molecule has 1 N–H and O–H groups in total. The topological polar surface area (TPSA) is 84.9 Å². The van der Waals surface area contributed by atoms with E-state index < -0.39 is 10.0 Å². The van der Waals surface area contributed by atoms with Gasteiger partial charge in [0.05, 0.1) is 16.6 Å². The van der Waals surface area contributed by atoms with Crippen molar-refractivity contribution >= 4 is 21.6 Å². The summed E-state index contributed by atoms with van der Waals surface area (Å²) in [6.45, 7) is 4.96. The average molecular weight is 467 g/mol. The van der Waals surface area contributed by atoms with E-state index in [4.69, 9.17) is 9.47 Å². The number of benzene rings is 3. The predicted molar refractivity (Wildman–Crippen MR) is 126 cm³/mol. The van der Waals surface area contributed by atoms with E-state index in [1.807, 2.05) is 31.2 Å².